The summed E-state index contributed by atoms with van der Waals surface area (Å²) in [5.74, 6) is 0.804. The van der Waals surface area contributed by atoms with Gasteiger partial charge in [0.2, 0.25) is 5.91 Å². The van der Waals surface area contributed by atoms with Gasteiger partial charge in [-0.2, -0.15) is 13.2 Å². The van der Waals surface area contributed by atoms with Gasteiger partial charge in [-0.15, -0.1) is 24.8 Å². The van der Waals surface area contributed by atoms with Gasteiger partial charge in [-0.3, -0.25) is 4.79 Å². The number of carbonyl (C=O) groups is 1. The number of hydrogen-bond donors (Lipinski definition) is 1. The minimum Gasteiger partial charge on any atom is -0.368 e. The van der Waals surface area contributed by atoms with Crippen LogP contribution in [0.4, 0.5) is 18.9 Å². The molecule has 4 nitrogen and oxygen atoms in total. The largest absolute Gasteiger partial charge is 0.416 e. The molecule has 0 spiro atoms. The number of alkyl halides is 3. The van der Waals surface area contributed by atoms with Crippen LogP contribution in [0.15, 0.2) is 24.3 Å². The maximum absolute atomic E-state index is 12.9. The molecule has 2 fully saturated rings. The quantitative estimate of drug-likeness (QED) is 0.767. The minimum atomic E-state index is -4.33. The number of nitrogens with one attached hydrogen (secondary N) is 1. The van der Waals surface area contributed by atoms with E-state index in [0.29, 0.717) is 44.2 Å². The Morgan fingerprint density at radius 1 is 1.07 bits per heavy atom. The molecule has 2 aliphatic heterocycles. The Labute approximate surface area is 176 Å². The average molecular weight is 442 g/mol. The summed E-state index contributed by atoms with van der Waals surface area (Å²) in [6, 6.07) is 5.41. The van der Waals surface area contributed by atoms with Crippen LogP contribution in [0.1, 0.15) is 31.2 Å². The first-order chi connectivity index (χ1) is 12.4. The van der Waals surface area contributed by atoms with Crippen LogP contribution < -0.4 is 10.2 Å². The van der Waals surface area contributed by atoms with Crippen molar-refractivity contribution in [2.45, 2.75) is 31.9 Å². The van der Waals surface area contributed by atoms with Crippen molar-refractivity contribution < 1.29 is 18.0 Å². The third-order valence-electron chi connectivity index (χ3n) is 5.40. The molecule has 1 amide bonds. The van der Waals surface area contributed by atoms with Gasteiger partial charge in [0.15, 0.2) is 0 Å². The lowest BCUT2D eigenvalue weighted by Crippen LogP contribution is -2.48. The van der Waals surface area contributed by atoms with Gasteiger partial charge < -0.3 is 15.1 Å². The number of hydrogen-bond acceptors (Lipinski definition) is 3. The smallest absolute Gasteiger partial charge is 0.368 e. The van der Waals surface area contributed by atoms with E-state index in [9.17, 15) is 18.0 Å². The van der Waals surface area contributed by atoms with E-state index in [1.165, 1.54) is 12.1 Å². The molecule has 0 unspecified atom stereocenters. The number of piperazine rings is 1. The van der Waals surface area contributed by atoms with Gasteiger partial charge >= 0.3 is 6.18 Å². The number of amides is 1. The molecule has 2 aliphatic rings. The predicted octanol–water partition coefficient (Wildman–Crippen LogP) is 3.98. The molecule has 0 aliphatic carbocycles. The van der Waals surface area contributed by atoms with Gasteiger partial charge in [-0.05, 0) is 56.5 Å². The summed E-state index contributed by atoms with van der Waals surface area (Å²) in [5.41, 5.74) is -0.0582. The topological polar surface area (TPSA) is 35.6 Å². The van der Waals surface area contributed by atoms with E-state index in [1.807, 2.05) is 9.80 Å². The van der Waals surface area contributed by atoms with Crippen LogP contribution in [0, 0.1) is 5.92 Å². The fourth-order valence-corrected chi connectivity index (χ4v) is 3.75. The maximum Gasteiger partial charge on any atom is 0.416 e. The Morgan fingerprint density at radius 3 is 2.32 bits per heavy atom. The summed E-state index contributed by atoms with van der Waals surface area (Å²) >= 11 is 0. The summed E-state index contributed by atoms with van der Waals surface area (Å²) in [7, 11) is 0. The van der Waals surface area contributed by atoms with Gasteiger partial charge in [0.1, 0.15) is 0 Å². The highest BCUT2D eigenvalue weighted by Crippen LogP contribution is 2.32. The van der Waals surface area contributed by atoms with Crippen molar-refractivity contribution in [3.05, 3.63) is 29.8 Å². The second kappa shape index (κ2) is 11.1. The molecule has 2 saturated heterocycles. The number of anilines is 1. The van der Waals surface area contributed by atoms with Crippen molar-refractivity contribution in [2.24, 2.45) is 5.92 Å². The van der Waals surface area contributed by atoms with Crippen LogP contribution in [0.5, 0.6) is 0 Å². The second-order valence-corrected chi connectivity index (χ2v) is 7.15. The van der Waals surface area contributed by atoms with Crippen molar-refractivity contribution in [3.8, 4) is 0 Å². The normalized spacial score (nSPS) is 18.2. The molecular weight excluding hydrogens is 414 g/mol. The average Bonchev–Trinajstić information content (AvgIpc) is 2.66. The Hall–Kier alpha value is -1.18. The zero-order chi connectivity index (χ0) is 18.6. The fourth-order valence-electron chi connectivity index (χ4n) is 3.75. The SMILES string of the molecule is Cl.Cl.O=C(CCC1CCNCC1)N1CCN(c2cccc(C(F)(F)F)c2)CC1. The van der Waals surface area contributed by atoms with E-state index >= 15 is 0 Å². The highest BCUT2D eigenvalue weighted by Gasteiger charge is 2.31. The van der Waals surface area contributed by atoms with Crippen LogP contribution in [0.3, 0.4) is 0 Å². The van der Waals surface area contributed by atoms with Crippen LogP contribution >= 0.6 is 24.8 Å². The number of carbonyl (C=O) groups excluding carboxylic acids is 1. The third kappa shape index (κ3) is 6.71. The first-order valence-corrected chi connectivity index (χ1v) is 9.34. The lowest BCUT2D eigenvalue weighted by atomic mass is 9.93. The van der Waals surface area contributed by atoms with Gasteiger partial charge in [-0.25, -0.2) is 0 Å². The molecule has 0 radical (unpaired) electrons. The summed E-state index contributed by atoms with van der Waals surface area (Å²) in [4.78, 5) is 16.2. The molecule has 1 N–H and O–H groups in total. The van der Waals surface area contributed by atoms with Crippen molar-refractivity contribution in [1.29, 1.82) is 0 Å². The van der Waals surface area contributed by atoms with E-state index in [0.717, 1.165) is 38.4 Å². The van der Waals surface area contributed by atoms with Crippen LogP contribution in [0.2, 0.25) is 0 Å². The van der Waals surface area contributed by atoms with E-state index in [4.69, 9.17) is 0 Å². The Morgan fingerprint density at radius 2 is 1.71 bits per heavy atom. The monoisotopic (exact) mass is 441 g/mol. The molecule has 0 atom stereocenters. The zero-order valence-corrected chi connectivity index (χ0v) is 17.3. The highest BCUT2D eigenvalue weighted by molar-refractivity contribution is 5.85. The number of piperidine rings is 1. The van der Waals surface area contributed by atoms with Crippen molar-refractivity contribution in [3.63, 3.8) is 0 Å². The first-order valence-electron chi connectivity index (χ1n) is 9.34. The number of halogens is 5. The minimum absolute atomic E-state index is 0. The highest BCUT2D eigenvalue weighted by atomic mass is 35.5. The standard InChI is InChI=1S/C19H26F3N3O.2ClH/c20-19(21,22)16-2-1-3-17(14-16)24-10-12-25(13-11-24)18(26)5-4-15-6-8-23-9-7-15;;/h1-3,14-15,23H,4-13H2;2*1H. The summed E-state index contributed by atoms with van der Waals surface area (Å²) in [6.45, 7) is 4.35. The van der Waals surface area contributed by atoms with E-state index < -0.39 is 11.7 Å². The van der Waals surface area contributed by atoms with Crippen molar-refractivity contribution in [1.82, 2.24) is 10.2 Å². The van der Waals surface area contributed by atoms with Gasteiger partial charge in [0, 0.05) is 38.3 Å². The molecule has 2 heterocycles. The van der Waals surface area contributed by atoms with Gasteiger partial charge in [-0.1, -0.05) is 6.07 Å². The summed E-state index contributed by atoms with van der Waals surface area (Å²) < 4.78 is 38.6. The molecule has 0 aromatic heterocycles. The predicted molar refractivity (Wildman–Crippen MR) is 110 cm³/mol. The van der Waals surface area contributed by atoms with Crippen molar-refractivity contribution >= 4 is 36.4 Å². The third-order valence-corrected chi connectivity index (χ3v) is 5.40. The molecule has 9 heteroatoms. The molecule has 1 aromatic rings. The zero-order valence-electron chi connectivity index (χ0n) is 15.7. The van der Waals surface area contributed by atoms with E-state index in [1.54, 1.807) is 6.07 Å². The first kappa shape index (κ1) is 24.9. The number of benzene rings is 1. The maximum atomic E-state index is 12.9. The van der Waals surface area contributed by atoms with Crippen LogP contribution in [0.25, 0.3) is 0 Å². The molecule has 1 aromatic carbocycles. The second-order valence-electron chi connectivity index (χ2n) is 7.15. The summed E-state index contributed by atoms with van der Waals surface area (Å²) in [5, 5.41) is 3.33. The van der Waals surface area contributed by atoms with Gasteiger partial charge in [0.25, 0.3) is 0 Å². The molecule has 0 saturated carbocycles. The Kier molecular flexibility index (Phi) is 9.87. The molecule has 3 rings (SSSR count). The fraction of sp³-hybridized carbons (Fsp3) is 0.632. The summed E-state index contributed by atoms with van der Waals surface area (Å²) in [6.07, 6.45) is -0.543. The van der Waals surface area contributed by atoms with Gasteiger partial charge in [0.05, 0.1) is 5.56 Å². The van der Waals surface area contributed by atoms with Crippen molar-refractivity contribution in [2.75, 3.05) is 44.2 Å². The molecule has 28 heavy (non-hydrogen) atoms. The van der Waals surface area contributed by atoms with Crippen LogP contribution in [-0.4, -0.2) is 50.1 Å². The Balaban J connectivity index is 0.00000196. The lowest BCUT2D eigenvalue weighted by molar-refractivity contribution is -0.137. The molecule has 160 valence electrons. The van der Waals surface area contributed by atoms with Crippen LogP contribution in [-0.2, 0) is 11.0 Å². The lowest BCUT2D eigenvalue weighted by Gasteiger charge is -2.36. The van der Waals surface area contributed by atoms with E-state index in [-0.39, 0.29) is 30.7 Å². The molecular formula is C19H28Cl2F3N3O. The number of rotatable bonds is 4. The van der Waals surface area contributed by atoms with E-state index in [2.05, 4.69) is 5.32 Å². The Bertz CT molecular complexity index is 617. The molecule has 0 bridgehead atoms. The number of nitrogens with zero attached hydrogens (tertiary/aromatic N) is 2.